The minimum absolute atomic E-state index is 0.0332. The van der Waals surface area contributed by atoms with Gasteiger partial charge in [-0.1, -0.05) is 35.9 Å². The number of rotatable bonds is 4. The summed E-state index contributed by atoms with van der Waals surface area (Å²) in [5, 5.41) is 5.15. The quantitative estimate of drug-likeness (QED) is 0.383. The summed E-state index contributed by atoms with van der Waals surface area (Å²) in [4.78, 5) is 48.6. The lowest BCUT2D eigenvalue weighted by molar-refractivity contribution is -0.117. The van der Waals surface area contributed by atoms with Gasteiger partial charge in [0.1, 0.15) is 5.69 Å². The van der Waals surface area contributed by atoms with Crippen molar-refractivity contribution < 1.29 is 14.4 Å². The Morgan fingerprint density at radius 1 is 1.12 bits per heavy atom. The van der Waals surface area contributed by atoms with Gasteiger partial charge in [0.2, 0.25) is 11.6 Å². The van der Waals surface area contributed by atoms with Gasteiger partial charge in [-0.25, -0.2) is 4.85 Å². The Bertz CT molecular complexity index is 1610. The van der Waals surface area contributed by atoms with E-state index >= 15 is 0 Å². The molecule has 0 aliphatic carbocycles. The largest absolute Gasteiger partial charge is 0.331 e. The summed E-state index contributed by atoms with van der Waals surface area (Å²) < 4.78 is 1.83. The van der Waals surface area contributed by atoms with Gasteiger partial charge >= 0.3 is 0 Å². The van der Waals surface area contributed by atoms with Crippen LogP contribution in [0.3, 0.4) is 0 Å². The average Bonchev–Trinajstić information content (AvgIpc) is 3.57. The molecule has 3 atom stereocenters. The lowest BCUT2D eigenvalue weighted by Gasteiger charge is -2.37. The van der Waals surface area contributed by atoms with Crippen LogP contribution in [-0.4, -0.2) is 56.4 Å². The normalized spacial score (nSPS) is 21.0. The van der Waals surface area contributed by atoms with Crippen molar-refractivity contribution in [2.24, 2.45) is 0 Å². The standard InChI is InChI=1S/C31H31ClN6O3/c1-18-14-26-24(17-36(18)30(40)22-9-12-25(32)27(15-22)33-4)29-31(41)37(16-19(2)38(29)34-26)20(3)21-7-10-23(11-8-21)35-13-5-6-28(35)39/h7-12,15,18-20H,5-6,13-14,16-17H2,1-3H3/t18-,19-,20-/m1/s1. The van der Waals surface area contributed by atoms with Crippen molar-refractivity contribution in [1.29, 1.82) is 0 Å². The average molecular weight is 571 g/mol. The van der Waals surface area contributed by atoms with Crippen LogP contribution in [0, 0.1) is 6.57 Å². The zero-order valence-electron chi connectivity index (χ0n) is 23.3. The maximum Gasteiger partial charge on any atom is 0.273 e. The third kappa shape index (κ3) is 4.56. The molecule has 3 aliphatic heterocycles. The molecule has 0 N–H and O–H groups in total. The molecule has 1 fully saturated rings. The molecule has 41 heavy (non-hydrogen) atoms. The number of halogens is 1. The van der Waals surface area contributed by atoms with Crippen molar-refractivity contribution >= 4 is 40.7 Å². The van der Waals surface area contributed by atoms with E-state index in [4.69, 9.17) is 23.3 Å². The molecule has 3 aromatic rings. The molecule has 4 heterocycles. The van der Waals surface area contributed by atoms with Crippen LogP contribution in [0.1, 0.15) is 83.4 Å². The van der Waals surface area contributed by atoms with Gasteiger partial charge in [-0.05, 0) is 51.0 Å². The van der Waals surface area contributed by atoms with Crippen molar-refractivity contribution in [2.75, 3.05) is 18.0 Å². The van der Waals surface area contributed by atoms with Crippen LogP contribution in [0.15, 0.2) is 42.5 Å². The molecule has 1 aromatic heterocycles. The molecule has 6 rings (SSSR count). The Labute approximate surface area is 244 Å². The van der Waals surface area contributed by atoms with Crippen LogP contribution in [0.2, 0.25) is 5.02 Å². The summed E-state index contributed by atoms with van der Waals surface area (Å²) in [5.74, 6) is -0.164. The summed E-state index contributed by atoms with van der Waals surface area (Å²) in [5.41, 5.74) is 4.68. The molecule has 0 bridgehead atoms. The van der Waals surface area contributed by atoms with Gasteiger partial charge in [-0.3, -0.25) is 19.1 Å². The fraction of sp³-hybridized carbons (Fsp3) is 0.387. The summed E-state index contributed by atoms with van der Waals surface area (Å²) in [6, 6.07) is 12.3. The number of fused-ring (bicyclic) bond motifs is 3. The molecule has 2 aromatic carbocycles. The molecule has 210 valence electrons. The third-order valence-electron chi connectivity index (χ3n) is 8.59. The minimum atomic E-state index is -0.206. The van der Waals surface area contributed by atoms with E-state index in [1.165, 1.54) is 6.07 Å². The number of nitrogens with zero attached hydrogens (tertiary/aromatic N) is 6. The number of hydrogen-bond acceptors (Lipinski definition) is 4. The first-order chi connectivity index (χ1) is 19.7. The summed E-state index contributed by atoms with van der Waals surface area (Å²) in [7, 11) is 0. The second-order valence-corrected chi connectivity index (χ2v) is 11.6. The molecule has 1 saturated heterocycles. The van der Waals surface area contributed by atoms with Crippen LogP contribution in [0.25, 0.3) is 4.85 Å². The fourth-order valence-electron chi connectivity index (χ4n) is 6.23. The predicted molar refractivity (Wildman–Crippen MR) is 155 cm³/mol. The second kappa shape index (κ2) is 10.3. The topological polar surface area (TPSA) is 83.1 Å². The van der Waals surface area contributed by atoms with Gasteiger partial charge in [-0.15, -0.1) is 0 Å². The zero-order chi connectivity index (χ0) is 29.0. The molecule has 0 unspecified atom stereocenters. The molecule has 3 amide bonds. The molecular formula is C31H31ClN6O3. The van der Waals surface area contributed by atoms with Crippen molar-refractivity contribution in [1.82, 2.24) is 19.6 Å². The Morgan fingerprint density at radius 2 is 1.88 bits per heavy atom. The van der Waals surface area contributed by atoms with E-state index in [1.54, 1.807) is 17.0 Å². The molecule has 0 spiro atoms. The van der Waals surface area contributed by atoms with E-state index in [2.05, 4.69) is 11.8 Å². The molecule has 9 nitrogen and oxygen atoms in total. The minimum Gasteiger partial charge on any atom is -0.331 e. The highest BCUT2D eigenvalue weighted by Crippen LogP contribution is 2.36. The Morgan fingerprint density at radius 3 is 2.56 bits per heavy atom. The lowest BCUT2D eigenvalue weighted by atomic mass is 9.96. The number of hydrogen-bond donors (Lipinski definition) is 0. The van der Waals surface area contributed by atoms with Crippen molar-refractivity contribution in [3.63, 3.8) is 0 Å². The van der Waals surface area contributed by atoms with E-state index in [-0.39, 0.29) is 48.1 Å². The molecular weight excluding hydrogens is 540 g/mol. The van der Waals surface area contributed by atoms with Crippen LogP contribution < -0.4 is 4.90 Å². The predicted octanol–water partition coefficient (Wildman–Crippen LogP) is 5.58. The molecule has 0 radical (unpaired) electrons. The number of carbonyl (C=O) groups is 3. The van der Waals surface area contributed by atoms with Gasteiger partial charge in [-0.2, -0.15) is 5.10 Å². The number of anilines is 1. The number of aromatic nitrogens is 2. The Balaban J connectivity index is 1.27. The van der Waals surface area contributed by atoms with E-state index in [1.807, 2.05) is 52.6 Å². The first-order valence-corrected chi connectivity index (χ1v) is 14.3. The van der Waals surface area contributed by atoms with Crippen molar-refractivity contribution in [3.05, 3.63) is 87.0 Å². The second-order valence-electron chi connectivity index (χ2n) is 11.2. The maximum atomic E-state index is 14.0. The van der Waals surface area contributed by atoms with Crippen LogP contribution >= 0.6 is 11.6 Å². The number of amides is 3. The van der Waals surface area contributed by atoms with Crippen LogP contribution in [0.5, 0.6) is 0 Å². The first-order valence-electron chi connectivity index (χ1n) is 14.0. The molecule has 3 aliphatic rings. The van der Waals surface area contributed by atoms with Crippen molar-refractivity contribution in [3.8, 4) is 0 Å². The van der Waals surface area contributed by atoms with Gasteiger partial charge < -0.3 is 14.7 Å². The van der Waals surface area contributed by atoms with Crippen molar-refractivity contribution in [2.45, 2.75) is 64.7 Å². The van der Waals surface area contributed by atoms with Gasteiger partial charge in [0.25, 0.3) is 11.8 Å². The highest BCUT2D eigenvalue weighted by atomic mass is 35.5. The van der Waals surface area contributed by atoms with E-state index < -0.39 is 0 Å². The smallest absolute Gasteiger partial charge is 0.273 e. The van der Waals surface area contributed by atoms with Crippen LogP contribution in [0.4, 0.5) is 11.4 Å². The summed E-state index contributed by atoms with van der Waals surface area (Å²) in [6.07, 6.45) is 2.00. The van der Waals surface area contributed by atoms with Gasteiger partial charge in [0, 0.05) is 53.8 Å². The van der Waals surface area contributed by atoms with E-state index in [9.17, 15) is 14.4 Å². The highest BCUT2D eigenvalue weighted by molar-refractivity contribution is 6.33. The summed E-state index contributed by atoms with van der Waals surface area (Å²) in [6.45, 7) is 14.9. The number of carbonyl (C=O) groups excluding carboxylic acids is 3. The molecule has 10 heteroatoms. The first kappa shape index (κ1) is 27.0. The van der Waals surface area contributed by atoms with Gasteiger partial charge in [0.15, 0.2) is 0 Å². The highest BCUT2D eigenvalue weighted by Gasteiger charge is 2.40. The lowest BCUT2D eigenvalue weighted by Crippen LogP contribution is -2.45. The fourth-order valence-corrected chi connectivity index (χ4v) is 6.39. The summed E-state index contributed by atoms with van der Waals surface area (Å²) >= 11 is 6.10. The Hall–Kier alpha value is -4.16. The van der Waals surface area contributed by atoms with E-state index in [0.717, 1.165) is 35.5 Å². The third-order valence-corrected chi connectivity index (χ3v) is 8.90. The molecule has 0 saturated carbocycles. The van der Waals surface area contributed by atoms with E-state index in [0.29, 0.717) is 35.7 Å². The maximum absolute atomic E-state index is 14.0. The zero-order valence-corrected chi connectivity index (χ0v) is 24.1. The SMILES string of the molecule is [C-]#[N+]c1cc(C(=O)N2Cc3c(nn4c3C(=O)N([C@H](C)c3ccc(N5CCCC5=O)cc3)C[C@H]4C)C[C@H]2C)ccc1Cl. The number of benzene rings is 2. The van der Waals surface area contributed by atoms with Gasteiger partial charge in [0.05, 0.1) is 30.9 Å². The Kier molecular flexibility index (Phi) is 6.82. The monoisotopic (exact) mass is 570 g/mol. The van der Waals surface area contributed by atoms with Crippen LogP contribution in [-0.2, 0) is 17.8 Å².